The molecule has 0 amide bonds. The van der Waals surface area contributed by atoms with Gasteiger partial charge in [-0.2, -0.15) is 4.98 Å². The van der Waals surface area contributed by atoms with Crippen molar-refractivity contribution >= 4 is 29.1 Å². The Hall–Kier alpha value is -1.81. The fraction of sp³-hybridized carbons (Fsp3) is 0.286. The summed E-state index contributed by atoms with van der Waals surface area (Å²) in [4.78, 5) is 8.79. The topological polar surface area (TPSA) is 49.8 Å². The molecule has 5 heteroatoms. The molecule has 0 radical (unpaired) electrons. The smallest absolute Gasteiger partial charge is 0.229 e. The lowest BCUT2D eigenvalue weighted by Gasteiger charge is -2.09. The number of nitrogens with zero attached hydrogens (tertiary/aromatic N) is 2. The highest BCUT2D eigenvalue weighted by Crippen LogP contribution is 2.18. The Morgan fingerprint density at radius 2 is 1.89 bits per heavy atom. The quantitative estimate of drug-likeness (QED) is 0.866. The molecular formula is C14H17ClN4. The Bertz CT molecular complexity index is 540. The van der Waals surface area contributed by atoms with Crippen LogP contribution in [0.2, 0.25) is 5.02 Å². The van der Waals surface area contributed by atoms with Gasteiger partial charge in [-0.1, -0.05) is 18.5 Å². The molecule has 0 aliphatic carbocycles. The second kappa shape index (κ2) is 6.38. The summed E-state index contributed by atoms with van der Waals surface area (Å²) in [6.07, 6.45) is 1.06. The van der Waals surface area contributed by atoms with Crippen LogP contribution in [0, 0.1) is 6.92 Å². The van der Waals surface area contributed by atoms with Gasteiger partial charge in [0.2, 0.25) is 5.95 Å². The molecule has 1 aromatic heterocycles. The molecule has 0 atom stereocenters. The molecule has 0 spiro atoms. The number of nitrogens with one attached hydrogen (secondary N) is 2. The molecule has 0 saturated carbocycles. The summed E-state index contributed by atoms with van der Waals surface area (Å²) < 4.78 is 0. The minimum atomic E-state index is 0.584. The maximum absolute atomic E-state index is 5.85. The normalized spacial score (nSPS) is 10.3. The Balaban J connectivity index is 2.15. The fourth-order valence-corrected chi connectivity index (χ4v) is 1.76. The van der Waals surface area contributed by atoms with E-state index < -0.39 is 0 Å². The van der Waals surface area contributed by atoms with Crippen LogP contribution in [0.15, 0.2) is 30.3 Å². The molecule has 0 aliphatic rings. The first-order valence-electron chi connectivity index (χ1n) is 6.29. The van der Waals surface area contributed by atoms with Gasteiger partial charge < -0.3 is 10.6 Å². The first kappa shape index (κ1) is 13.6. The van der Waals surface area contributed by atoms with Crippen molar-refractivity contribution in [3.8, 4) is 0 Å². The predicted octanol–water partition coefficient (Wildman–Crippen LogP) is 4.00. The summed E-state index contributed by atoms with van der Waals surface area (Å²) in [6, 6.07) is 9.38. The first-order valence-corrected chi connectivity index (χ1v) is 6.67. The maximum Gasteiger partial charge on any atom is 0.229 e. The second-order valence-corrected chi connectivity index (χ2v) is 4.71. The molecule has 100 valence electrons. The lowest BCUT2D eigenvalue weighted by atomic mass is 10.3. The molecule has 19 heavy (non-hydrogen) atoms. The molecular weight excluding hydrogens is 260 g/mol. The maximum atomic E-state index is 5.85. The SMILES string of the molecule is CCCNc1cc(C)nc(Nc2ccc(Cl)cc2)n1. The zero-order chi connectivity index (χ0) is 13.7. The highest BCUT2D eigenvalue weighted by molar-refractivity contribution is 6.30. The Morgan fingerprint density at radius 1 is 1.16 bits per heavy atom. The first-order chi connectivity index (χ1) is 9.17. The molecule has 1 aromatic carbocycles. The molecule has 1 heterocycles. The Kier molecular flexibility index (Phi) is 4.58. The Labute approximate surface area is 118 Å². The van der Waals surface area contributed by atoms with Crippen LogP contribution in [0.1, 0.15) is 19.0 Å². The number of benzene rings is 1. The number of aryl methyl sites for hydroxylation is 1. The summed E-state index contributed by atoms with van der Waals surface area (Å²) in [5.74, 6) is 1.42. The molecule has 2 rings (SSSR count). The van der Waals surface area contributed by atoms with E-state index >= 15 is 0 Å². The van der Waals surface area contributed by atoms with Crippen molar-refractivity contribution < 1.29 is 0 Å². The van der Waals surface area contributed by atoms with Crippen molar-refractivity contribution in [2.45, 2.75) is 20.3 Å². The summed E-state index contributed by atoms with van der Waals surface area (Å²) >= 11 is 5.85. The van der Waals surface area contributed by atoms with E-state index in [-0.39, 0.29) is 0 Å². The van der Waals surface area contributed by atoms with Gasteiger partial charge in [-0.3, -0.25) is 0 Å². The van der Waals surface area contributed by atoms with Crippen LogP contribution >= 0.6 is 11.6 Å². The number of hydrogen-bond acceptors (Lipinski definition) is 4. The summed E-state index contributed by atoms with van der Waals surface area (Å²) in [5, 5.41) is 7.14. The number of aromatic nitrogens is 2. The minimum Gasteiger partial charge on any atom is -0.370 e. The van der Waals surface area contributed by atoms with Crippen LogP contribution in [0.25, 0.3) is 0 Å². The van der Waals surface area contributed by atoms with E-state index in [1.807, 2.05) is 37.3 Å². The molecule has 0 saturated heterocycles. The zero-order valence-electron chi connectivity index (χ0n) is 11.1. The molecule has 2 aromatic rings. The average molecular weight is 277 g/mol. The van der Waals surface area contributed by atoms with Crippen LogP contribution < -0.4 is 10.6 Å². The van der Waals surface area contributed by atoms with Crippen molar-refractivity contribution in [3.63, 3.8) is 0 Å². The van der Waals surface area contributed by atoms with Crippen LogP contribution in [-0.4, -0.2) is 16.5 Å². The van der Waals surface area contributed by atoms with E-state index in [1.54, 1.807) is 0 Å². The lowest BCUT2D eigenvalue weighted by Crippen LogP contribution is -2.06. The molecule has 0 fully saturated rings. The van der Waals surface area contributed by atoms with Gasteiger partial charge in [0.15, 0.2) is 0 Å². The van der Waals surface area contributed by atoms with Gasteiger partial charge >= 0.3 is 0 Å². The van der Waals surface area contributed by atoms with Gasteiger partial charge in [0.05, 0.1) is 0 Å². The van der Waals surface area contributed by atoms with Crippen LogP contribution in [0.5, 0.6) is 0 Å². The van der Waals surface area contributed by atoms with E-state index in [2.05, 4.69) is 27.5 Å². The van der Waals surface area contributed by atoms with E-state index in [0.717, 1.165) is 30.2 Å². The third-order valence-corrected chi connectivity index (χ3v) is 2.76. The monoisotopic (exact) mass is 276 g/mol. The number of rotatable bonds is 5. The minimum absolute atomic E-state index is 0.584. The van der Waals surface area contributed by atoms with E-state index in [0.29, 0.717) is 11.0 Å². The van der Waals surface area contributed by atoms with E-state index in [1.165, 1.54) is 0 Å². The molecule has 2 N–H and O–H groups in total. The highest BCUT2D eigenvalue weighted by Gasteiger charge is 2.02. The van der Waals surface area contributed by atoms with Crippen molar-refractivity contribution in [2.24, 2.45) is 0 Å². The summed E-state index contributed by atoms with van der Waals surface area (Å²) in [5.41, 5.74) is 1.83. The van der Waals surface area contributed by atoms with Gasteiger partial charge in [-0.25, -0.2) is 4.98 Å². The Morgan fingerprint density at radius 3 is 2.58 bits per heavy atom. The number of halogens is 1. The van der Waals surface area contributed by atoms with Crippen molar-refractivity contribution in [3.05, 3.63) is 41.0 Å². The van der Waals surface area contributed by atoms with Crippen molar-refractivity contribution in [1.82, 2.24) is 9.97 Å². The lowest BCUT2D eigenvalue weighted by molar-refractivity contribution is 0.962. The van der Waals surface area contributed by atoms with Crippen LogP contribution in [0.3, 0.4) is 0 Å². The highest BCUT2D eigenvalue weighted by atomic mass is 35.5. The second-order valence-electron chi connectivity index (χ2n) is 4.28. The van der Waals surface area contributed by atoms with Gasteiger partial charge in [-0.05, 0) is 37.6 Å². The molecule has 4 nitrogen and oxygen atoms in total. The number of anilines is 3. The third-order valence-electron chi connectivity index (χ3n) is 2.51. The predicted molar refractivity (Wildman–Crippen MR) is 80.3 cm³/mol. The molecule has 0 bridgehead atoms. The third kappa shape index (κ3) is 4.10. The van der Waals surface area contributed by atoms with Gasteiger partial charge in [-0.15, -0.1) is 0 Å². The van der Waals surface area contributed by atoms with Crippen LogP contribution in [-0.2, 0) is 0 Å². The van der Waals surface area contributed by atoms with Gasteiger partial charge in [0.1, 0.15) is 5.82 Å². The summed E-state index contributed by atoms with van der Waals surface area (Å²) in [6.45, 7) is 4.97. The van der Waals surface area contributed by atoms with Gasteiger partial charge in [0, 0.05) is 29.0 Å². The number of hydrogen-bond donors (Lipinski definition) is 2. The van der Waals surface area contributed by atoms with Crippen LogP contribution in [0.4, 0.5) is 17.5 Å². The average Bonchev–Trinajstić information content (AvgIpc) is 2.38. The standard InChI is InChI=1S/C14H17ClN4/c1-3-8-16-13-9-10(2)17-14(19-13)18-12-6-4-11(15)5-7-12/h4-7,9H,3,8H2,1-2H3,(H2,16,17,18,19). The van der Waals surface area contributed by atoms with Crippen molar-refractivity contribution in [1.29, 1.82) is 0 Å². The van der Waals surface area contributed by atoms with Gasteiger partial charge in [0.25, 0.3) is 0 Å². The molecule has 0 unspecified atom stereocenters. The fourth-order valence-electron chi connectivity index (χ4n) is 1.63. The van der Waals surface area contributed by atoms with E-state index in [9.17, 15) is 0 Å². The zero-order valence-corrected chi connectivity index (χ0v) is 11.8. The van der Waals surface area contributed by atoms with E-state index in [4.69, 9.17) is 11.6 Å². The molecule has 0 aliphatic heterocycles. The largest absolute Gasteiger partial charge is 0.370 e. The van der Waals surface area contributed by atoms with Crippen molar-refractivity contribution in [2.75, 3.05) is 17.2 Å². The summed E-state index contributed by atoms with van der Waals surface area (Å²) in [7, 11) is 0.